The van der Waals surface area contributed by atoms with Crippen molar-refractivity contribution in [3.8, 4) is 11.6 Å². The Bertz CT molecular complexity index is 1450. The van der Waals surface area contributed by atoms with E-state index in [4.69, 9.17) is 4.42 Å². The third kappa shape index (κ3) is 4.23. The lowest BCUT2D eigenvalue weighted by atomic mass is 10.1. The molecule has 0 aliphatic rings. The van der Waals surface area contributed by atoms with E-state index in [0.717, 1.165) is 21.3 Å². The minimum Gasteiger partial charge on any atom is -0.493 e. The van der Waals surface area contributed by atoms with Gasteiger partial charge in [0.1, 0.15) is 5.56 Å². The number of hydrogen-bond acceptors (Lipinski definition) is 5. The molecule has 33 heavy (non-hydrogen) atoms. The molecular weight excluding hydrogens is 420 g/mol. The molecule has 0 aliphatic heterocycles. The van der Waals surface area contributed by atoms with E-state index in [1.165, 1.54) is 6.26 Å². The van der Waals surface area contributed by atoms with E-state index in [1.807, 2.05) is 45.0 Å². The first-order valence-electron chi connectivity index (χ1n) is 10.3. The number of rotatable bonds is 4. The van der Waals surface area contributed by atoms with Crippen molar-refractivity contribution in [1.29, 1.82) is 0 Å². The van der Waals surface area contributed by atoms with Crippen molar-refractivity contribution in [3.05, 3.63) is 104 Å². The molecule has 0 amide bonds. The summed E-state index contributed by atoms with van der Waals surface area (Å²) in [6, 6.07) is 16.2. The fourth-order valence-electron chi connectivity index (χ4n) is 3.61. The third-order valence-corrected chi connectivity index (χ3v) is 5.33. The molecule has 168 valence electrons. The molecule has 8 heteroatoms. The predicted molar refractivity (Wildman–Crippen MR) is 128 cm³/mol. The molecule has 0 unspecified atom stereocenters. The van der Waals surface area contributed by atoms with Gasteiger partial charge in [-0.2, -0.15) is 0 Å². The van der Waals surface area contributed by atoms with E-state index in [9.17, 15) is 14.7 Å². The Kier molecular flexibility index (Phi) is 5.74. The van der Waals surface area contributed by atoms with E-state index < -0.39 is 17.1 Å². The fraction of sp³-hybridized carbons (Fsp3) is 0.160. The molecule has 0 bridgehead atoms. The van der Waals surface area contributed by atoms with Crippen LogP contribution in [-0.2, 0) is 0 Å². The Morgan fingerprint density at radius 2 is 1.73 bits per heavy atom. The molecule has 0 atom stereocenters. The van der Waals surface area contributed by atoms with Crippen LogP contribution in [-0.4, -0.2) is 27.5 Å². The minimum atomic E-state index is -0.761. The summed E-state index contributed by atoms with van der Waals surface area (Å²) in [4.78, 5) is 34.2. The highest BCUT2D eigenvalue weighted by atomic mass is 16.3. The normalized spacial score (nSPS) is 11.6. The Morgan fingerprint density at radius 3 is 2.36 bits per heavy atom. The number of aromatic hydroxyl groups is 1. The smallest absolute Gasteiger partial charge is 0.335 e. The summed E-state index contributed by atoms with van der Waals surface area (Å²) in [5.74, 6) is 0.00923. The highest BCUT2D eigenvalue weighted by Crippen LogP contribution is 2.25. The van der Waals surface area contributed by atoms with Gasteiger partial charge in [0.2, 0.25) is 11.8 Å². The molecule has 0 aliphatic carbocycles. The van der Waals surface area contributed by atoms with E-state index >= 15 is 0 Å². The van der Waals surface area contributed by atoms with Crippen molar-refractivity contribution in [1.82, 2.24) is 9.55 Å². The molecule has 8 nitrogen and oxygen atoms in total. The van der Waals surface area contributed by atoms with E-state index in [2.05, 4.69) is 9.98 Å². The fourth-order valence-corrected chi connectivity index (χ4v) is 3.61. The molecule has 2 heterocycles. The van der Waals surface area contributed by atoms with Crippen LogP contribution in [0.1, 0.15) is 22.3 Å². The first kappa shape index (κ1) is 21.9. The summed E-state index contributed by atoms with van der Waals surface area (Å²) < 4.78 is 6.56. The highest BCUT2D eigenvalue weighted by Gasteiger charge is 2.25. The molecule has 0 radical (unpaired) electrons. The summed E-state index contributed by atoms with van der Waals surface area (Å²) in [6.07, 6.45) is 1.50. The number of nitrogens with one attached hydrogen (secondary N) is 1. The lowest BCUT2D eigenvalue weighted by Crippen LogP contribution is -2.38. The molecule has 0 saturated heterocycles. The second-order valence-corrected chi connectivity index (χ2v) is 7.86. The quantitative estimate of drug-likeness (QED) is 0.366. The van der Waals surface area contributed by atoms with Crippen molar-refractivity contribution in [3.63, 3.8) is 0 Å². The number of benzene rings is 2. The van der Waals surface area contributed by atoms with Gasteiger partial charge in [0, 0.05) is 13.1 Å². The summed E-state index contributed by atoms with van der Waals surface area (Å²) in [5.41, 5.74) is 2.18. The number of furan rings is 1. The standard InChI is InChI=1S/C25H24N4O4/c1-15-7-10-18(11-8-15)26-22(28(4)20-6-5-13-33-20)21-23(30)27-25(32)29(24(21)31)19-12-9-16(2)14-17(19)3/h5-14,31H,1-4H3,(H,27,30,32). The molecule has 0 fully saturated rings. The van der Waals surface area contributed by atoms with Gasteiger partial charge in [0.05, 0.1) is 17.6 Å². The van der Waals surface area contributed by atoms with Crippen LogP contribution < -0.4 is 16.1 Å². The van der Waals surface area contributed by atoms with Gasteiger partial charge < -0.3 is 9.52 Å². The third-order valence-electron chi connectivity index (χ3n) is 5.33. The first-order valence-corrected chi connectivity index (χ1v) is 10.3. The molecule has 4 aromatic rings. The lowest BCUT2D eigenvalue weighted by Gasteiger charge is -2.21. The molecule has 2 aromatic carbocycles. The first-order chi connectivity index (χ1) is 15.8. The van der Waals surface area contributed by atoms with Crippen LogP contribution in [0.3, 0.4) is 0 Å². The Balaban J connectivity index is 2.00. The van der Waals surface area contributed by atoms with Crippen LogP contribution in [0.25, 0.3) is 5.69 Å². The molecule has 0 saturated carbocycles. The average molecular weight is 444 g/mol. The van der Waals surface area contributed by atoms with Gasteiger partial charge in [0.25, 0.3) is 5.56 Å². The molecule has 2 aromatic heterocycles. The van der Waals surface area contributed by atoms with Crippen LogP contribution in [0.5, 0.6) is 5.88 Å². The Hall–Kier alpha value is -4.33. The van der Waals surface area contributed by atoms with Gasteiger partial charge in [-0.3, -0.25) is 14.7 Å². The minimum absolute atomic E-state index is 0.117. The number of nitrogens with zero attached hydrogens (tertiary/aromatic N) is 3. The monoisotopic (exact) mass is 444 g/mol. The SMILES string of the molecule is Cc1ccc(N=C(c2c(O)n(-c3ccc(C)cc3C)c(=O)[nH]c2=O)N(C)c2ccco2)cc1. The van der Waals surface area contributed by atoms with Gasteiger partial charge in [-0.1, -0.05) is 35.4 Å². The molecule has 4 rings (SSSR count). The number of amidine groups is 1. The summed E-state index contributed by atoms with van der Waals surface area (Å²) >= 11 is 0. The zero-order valence-corrected chi connectivity index (χ0v) is 18.8. The molecule has 0 spiro atoms. The molecule has 2 N–H and O–H groups in total. The number of aromatic amines is 1. The van der Waals surface area contributed by atoms with Crippen molar-refractivity contribution in [2.45, 2.75) is 20.8 Å². The van der Waals surface area contributed by atoms with Crippen molar-refractivity contribution < 1.29 is 9.52 Å². The van der Waals surface area contributed by atoms with Gasteiger partial charge in [-0.05, 0) is 50.6 Å². The number of aromatic nitrogens is 2. The van der Waals surface area contributed by atoms with E-state index in [0.29, 0.717) is 17.3 Å². The second-order valence-electron chi connectivity index (χ2n) is 7.86. The summed E-state index contributed by atoms with van der Waals surface area (Å²) in [7, 11) is 1.66. The Labute approximate surface area is 190 Å². The van der Waals surface area contributed by atoms with E-state index in [1.54, 1.807) is 42.3 Å². The summed E-state index contributed by atoms with van der Waals surface area (Å²) in [6.45, 7) is 5.72. The number of H-pyrrole nitrogens is 1. The number of aryl methyl sites for hydroxylation is 3. The van der Waals surface area contributed by atoms with Crippen LogP contribution in [0.15, 0.2) is 79.9 Å². The van der Waals surface area contributed by atoms with Crippen LogP contribution in [0, 0.1) is 20.8 Å². The number of aliphatic imine (C=N–C) groups is 1. The number of hydrogen-bond donors (Lipinski definition) is 2. The van der Waals surface area contributed by atoms with Gasteiger partial charge in [-0.15, -0.1) is 0 Å². The van der Waals surface area contributed by atoms with Crippen LogP contribution in [0.4, 0.5) is 11.6 Å². The van der Waals surface area contributed by atoms with Gasteiger partial charge >= 0.3 is 5.69 Å². The zero-order valence-electron chi connectivity index (χ0n) is 18.8. The maximum Gasteiger partial charge on any atom is 0.335 e. The molecular formula is C25H24N4O4. The van der Waals surface area contributed by atoms with Gasteiger partial charge in [-0.25, -0.2) is 14.4 Å². The topological polar surface area (TPSA) is 104 Å². The average Bonchev–Trinajstić information content (AvgIpc) is 3.30. The van der Waals surface area contributed by atoms with E-state index in [-0.39, 0.29) is 11.4 Å². The summed E-state index contributed by atoms with van der Waals surface area (Å²) in [5, 5.41) is 11.2. The highest BCUT2D eigenvalue weighted by molar-refractivity contribution is 6.11. The van der Waals surface area contributed by atoms with Crippen molar-refractivity contribution in [2.75, 3.05) is 11.9 Å². The maximum atomic E-state index is 13.0. The van der Waals surface area contributed by atoms with Crippen LogP contribution in [0.2, 0.25) is 0 Å². The van der Waals surface area contributed by atoms with Crippen LogP contribution >= 0.6 is 0 Å². The maximum absolute atomic E-state index is 13.0. The van der Waals surface area contributed by atoms with Crippen molar-refractivity contribution in [2.24, 2.45) is 4.99 Å². The second kappa shape index (κ2) is 8.66. The lowest BCUT2D eigenvalue weighted by molar-refractivity contribution is 0.429. The zero-order chi connectivity index (χ0) is 23.7. The largest absolute Gasteiger partial charge is 0.493 e. The van der Waals surface area contributed by atoms with Crippen molar-refractivity contribution >= 4 is 17.4 Å². The number of anilines is 1. The predicted octanol–water partition coefficient (Wildman–Crippen LogP) is 3.96. The van der Waals surface area contributed by atoms with Gasteiger partial charge in [0.15, 0.2) is 5.84 Å². The Morgan fingerprint density at radius 1 is 1.03 bits per heavy atom.